The highest BCUT2D eigenvalue weighted by atomic mass is 35.5. The van der Waals surface area contributed by atoms with Crippen LogP contribution in [-0.4, -0.2) is 30.7 Å². The predicted octanol–water partition coefficient (Wildman–Crippen LogP) is 2.25. The zero-order chi connectivity index (χ0) is 15.4. The Morgan fingerprint density at radius 2 is 2.24 bits per heavy atom. The molecule has 1 saturated heterocycles. The van der Waals surface area contributed by atoms with Crippen LogP contribution in [0, 0.1) is 5.92 Å². The van der Waals surface area contributed by atoms with Crippen molar-refractivity contribution in [1.29, 1.82) is 0 Å². The van der Waals surface area contributed by atoms with E-state index in [1.165, 1.54) is 6.42 Å². The van der Waals surface area contributed by atoms with Gasteiger partial charge in [-0.05, 0) is 37.0 Å². The molecule has 0 bridgehead atoms. The first-order chi connectivity index (χ1) is 10.0. The number of nitrogens with two attached hydrogens (primary N) is 2. The molecule has 1 aromatic carbocycles. The lowest BCUT2D eigenvalue weighted by Gasteiger charge is -2.33. The summed E-state index contributed by atoms with van der Waals surface area (Å²) >= 11 is 5.70. The van der Waals surface area contributed by atoms with Gasteiger partial charge in [-0.25, -0.2) is 4.99 Å². The van der Waals surface area contributed by atoms with Gasteiger partial charge in [0.05, 0.1) is 17.3 Å². The average molecular weight is 309 g/mol. The maximum absolute atomic E-state index is 11.4. The lowest BCUT2D eigenvalue weighted by atomic mass is 9.99. The Hall–Kier alpha value is -1.75. The van der Waals surface area contributed by atoms with Crippen LogP contribution >= 0.6 is 11.6 Å². The van der Waals surface area contributed by atoms with Gasteiger partial charge in [0.1, 0.15) is 5.84 Å². The van der Waals surface area contributed by atoms with Crippen LogP contribution in [0.3, 0.4) is 0 Å². The highest BCUT2D eigenvalue weighted by Crippen LogP contribution is 2.33. The molecule has 2 rings (SSSR count). The molecule has 1 aromatic rings. The van der Waals surface area contributed by atoms with E-state index >= 15 is 0 Å². The van der Waals surface area contributed by atoms with E-state index in [9.17, 15) is 4.79 Å². The Kier molecular flexibility index (Phi) is 5.07. The minimum atomic E-state index is -0.477. The van der Waals surface area contributed by atoms with Gasteiger partial charge in [-0.2, -0.15) is 0 Å². The highest BCUT2D eigenvalue weighted by Gasteiger charge is 2.19. The number of carbonyl (C=O) groups is 1. The molecule has 0 aromatic heterocycles. The predicted molar refractivity (Wildman–Crippen MR) is 87.6 cm³/mol. The van der Waals surface area contributed by atoms with Crippen molar-refractivity contribution in [2.24, 2.45) is 22.4 Å². The van der Waals surface area contributed by atoms with E-state index in [2.05, 4.69) is 16.8 Å². The zero-order valence-corrected chi connectivity index (χ0v) is 12.9. The molecule has 1 atom stereocenters. The molecule has 0 saturated carbocycles. The monoisotopic (exact) mass is 308 g/mol. The molecule has 114 valence electrons. The van der Waals surface area contributed by atoms with Crippen LogP contribution < -0.4 is 16.4 Å². The minimum Gasteiger partial charge on any atom is -0.386 e. The number of anilines is 1. The number of benzene rings is 1. The molecule has 5 nitrogen and oxygen atoms in total. The molecule has 1 fully saturated rings. The minimum absolute atomic E-state index is 0.149. The van der Waals surface area contributed by atoms with Crippen LogP contribution in [-0.2, 0) is 0 Å². The van der Waals surface area contributed by atoms with Gasteiger partial charge in [0, 0.05) is 18.7 Å². The van der Waals surface area contributed by atoms with E-state index in [1.54, 1.807) is 12.1 Å². The third kappa shape index (κ3) is 3.88. The summed E-state index contributed by atoms with van der Waals surface area (Å²) in [5.41, 5.74) is 13.1. The molecular formula is C15H21ClN4O. The molecule has 1 heterocycles. The van der Waals surface area contributed by atoms with Crippen molar-refractivity contribution in [3.8, 4) is 0 Å². The zero-order valence-electron chi connectivity index (χ0n) is 12.2. The number of rotatable bonds is 4. The number of primary amides is 1. The summed E-state index contributed by atoms with van der Waals surface area (Å²) < 4.78 is 0. The fourth-order valence-corrected chi connectivity index (χ4v) is 2.69. The van der Waals surface area contributed by atoms with E-state index in [1.807, 2.05) is 6.07 Å². The van der Waals surface area contributed by atoms with Crippen molar-refractivity contribution in [3.05, 3.63) is 23.8 Å². The number of piperidine rings is 1. The van der Waals surface area contributed by atoms with Gasteiger partial charge < -0.3 is 16.4 Å². The molecule has 21 heavy (non-hydrogen) atoms. The summed E-state index contributed by atoms with van der Waals surface area (Å²) in [6.45, 7) is 4.18. The van der Waals surface area contributed by atoms with E-state index in [0.717, 1.165) is 25.2 Å². The summed E-state index contributed by atoms with van der Waals surface area (Å²) in [7, 11) is 0. The number of halogens is 1. The quantitative estimate of drug-likeness (QED) is 0.508. The van der Waals surface area contributed by atoms with Gasteiger partial charge in [0.25, 0.3) is 0 Å². The molecule has 0 radical (unpaired) electrons. The molecule has 4 N–H and O–H groups in total. The molecular weight excluding hydrogens is 288 g/mol. The molecule has 1 unspecified atom stereocenters. The molecule has 0 aliphatic carbocycles. The fourth-order valence-electron chi connectivity index (χ4n) is 2.63. The van der Waals surface area contributed by atoms with E-state index < -0.39 is 5.91 Å². The maximum Gasteiger partial charge on any atom is 0.248 e. The first-order valence-corrected chi connectivity index (χ1v) is 7.62. The maximum atomic E-state index is 11.4. The van der Waals surface area contributed by atoms with E-state index in [-0.39, 0.29) is 5.88 Å². The van der Waals surface area contributed by atoms with Gasteiger partial charge in [-0.15, -0.1) is 11.6 Å². The summed E-state index contributed by atoms with van der Waals surface area (Å²) in [4.78, 5) is 18.0. The lowest BCUT2D eigenvalue weighted by molar-refractivity contribution is 0.100. The number of amides is 1. The average Bonchev–Trinajstić information content (AvgIpc) is 2.47. The van der Waals surface area contributed by atoms with Crippen molar-refractivity contribution in [2.45, 2.75) is 19.8 Å². The van der Waals surface area contributed by atoms with Gasteiger partial charge in [0.2, 0.25) is 5.91 Å². The first-order valence-electron chi connectivity index (χ1n) is 7.09. The van der Waals surface area contributed by atoms with Gasteiger partial charge in [0.15, 0.2) is 0 Å². The van der Waals surface area contributed by atoms with Crippen molar-refractivity contribution in [2.75, 3.05) is 23.9 Å². The molecule has 1 aliphatic rings. The number of hydrogen-bond donors (Lipinski definition) is 2. The largest absolute Gasteiger partial charge is 0.386 e. The number of aliphatic imine (C=N–C) groups is 1. The first kappa shape index (κ1) is 15.6. The van der Waals surface area contributed by atoms with Crippen molar-refractivity contribution in [3.63, 3.8) is 0 Å². The summed E-state index contributed by atoms with van der Waals surface area (Å²) in [6.07, 6.45) is 2.38. The second-order valence-corrected chi connectivity index (χ2v) is 5.77. The Bertz CT molecular complexity index is 559. The number of amidine groups is 1. The fraction of sp³-hybridized carbons (Fsp3) is 0.467. The van der Waals surface area contributed by atoms with Gasteiger partial charge in [-0.1, -0.05) is 6.92 Å². The third-order valence-corrected chi connectivity index (χ3v) is 3.93. The van der Waals surface area contributed by atoms with Crippen molar-refractivity contribution in [1.82, 2.24) is 0 Å². The van der Waals surface area contributed by atoms with E-state index in [4.69, 9.17) is 23.1 Å². The summed E-state index contributed by atoms with van der Waals surface area (Å²) in [5.74, 6) is 0.632. The Morgan fingerprint density at radius 1 is 1.48 bits per heavy atom. The Morgan fingerprint density at radius 3 is 2.86 bits per heavy atom. The number of alkyl halides is 1. The Labute approximate surface area is 130 Å². The lowest BCUT2D eigenvalue weighted by Crippen LogP contribution is -2.34. The van der Waals surface area contributed by atoms with Crippen molar-refractivity contribution < 1.29 is 4.79 Å². The molecule has 1 aliphatic heterocycles. The topological polar surface area (TPSA) is 84.7 Å². The highest BCUT2D eigenvalue weighted by molar-refractivity contribution is 6.28. The SMILES string of the molecule is CC1CCCN(c2ccc(C(N)=O)cc2N=C(N)CCl)C1. The molecule has 6 heteroatoms. The molecule has 0 spiro atoms. The van der Waals surface area contributed by atoms with Crippen LogP contribution in [0.15, 0.2) is 23.2 Å². The van der Waals surface area contributed by atoms with Crippen LogP contribution in [0.5, 0.6) is 0 Å². The van der Waals surface area contributed by atoms with E-state index in [0.29, 0.717) is 23.0 Å². The second-order valence-electron chi connectivity index (χ2n) is 5.50. The summed E-state index contributed by atoms with van der Waals surface area (Å²) in [6, 6.07) is 5.29. The number of nitrogens with zero attached hydrogens (tertiary/aromatic N) is 2. The van der Waals surface area contributed by atoms with Crippen LogP contribution in [0.4, 0.5) is 11.4 Å². The van der Waals surface area contributed by atoms with Crippen molar-refractivity contribution >= 4 is 34.7 Å². The van der Waals surface area contributed by atoms with Gasteiger partial charge >= 0.3 is 0 Å². The molecule has 1 amide bonds. The normalized spacial score (nSPS) is 19.6. The number of hydrogen-bond acceptors (Lipinski definition) is 3. The van der Waals surface area contributed by atoms with Crippen LogP contribution in [0.2, 0.25) is 0 Å². The van der Waals surface area contributed by atoms with Gasteiger partial charge in [-0.3, -0.25) is 4.79 Å². The van der Waals surface area contributed by atoms with Crippen LogP contribution in [0.25, 0.3) is 0 Å². The summed E-state index contributed by atoms with van der Waals surface area (Å²) in [5, 5.41) is 0. The van der Waals surface area contributed by atoms with Crippen LogP contribution in [0.1, 0.15) is 30.1 Å². The number of carbonyl (C=O) groups excluding carboxylic acids is 1. The second kappa shape index (κ2) is 6.80. The smallest absolute Gasteiger partial charge is 0.248 e. The standard InChI is InChI=1S/C15H21ClN4O/c1-10-3-2-6-20(9-10)13-5-4-11(15(18)21)7-12(13)19-14(17)8-16/h4-5,7,10H,2-3,6,8-9H2,1H3,(H2,17,19)(H2,18,21). The Balaban J connectivity index is 2.41. The third-order valence-electron chi connectivity index (χ3n) is 3.66.